The normalized spacial score (nSPS) is 10.6. The molecule has 2 aromatic rings. The van der Waals surface area contributed by atoms with Crippen LogP contribution in [0.15, 0.2) is 36.7 Å². The Labute approximate surface area is 114 Å². The molecular formula is C13H12N4O3. The van der Waals surface area contributed by atoms with Crippen molar-refractivity contribution in [1.29, 1.82) is 0 Å². The van der Waals surface area contributed by atoms with Crippen LogP contribution in [0.4, 0.5) is 5.69 Å². The van der Waals surface area contributed by atoms with Crippen molar-refractivity contribution in [3.8, 4) is 5.88 Å². The molecule has 0 spiro atoms. The van der Waals surface area contributed by atoms with Crippen molar-refractivity contribution < 1.29 is 14.3 Å². The SMILES string of the molecule is NC(=O)c1[nH]cnc1OC(=O)C=Cc1ccc(N)cc1. The molecule has 0 saturated carbocycles. The number of H-pyrrole nitrogens is 1. The van der Waals surface area contributed by atoms with Crippen molar-refractivity contribution in [2.45, 2.75) is 0 Å². The van der Waals surface area contributed by atoms with Gasteiger partial charge in [-0.05, 0) is 23.8 Å². The summed E-state index contributed by atoms with van der Waals surface area (Å²) in [5, 5.41) is 0. The average molecular weight is 272 g/mol. The lowest BCUT2D eigenvalue weighted by molar-refractivity contribution is -0.129. The van der Waals surface area contributed by atoms with Crippen LogP contribution >= 0.6 is 0 Å². The lowest BCUT2D eigenvalue weighted by Crippen LogP contribution is -2.14. The highest BCUT2D eigenvalue weighted by molar-refractivity contribution is 5.95. The van der Waals surface area contributed by atoms with Crippen LogP contribution in [0.5, 0.6) is 5.88 Å². The summed E-state index contributed by atoms with van der Waals surface area (Å²) < 4.78 is 4.90. The molecule has 0 aliphatic carbocycles. The van der Waals surface area contributed by atoms with Gasteiger partial charge in [0.05, 0.1) is 6.33 Å². The first kappa shape index (κ1) is 13.3. The van der Waals surface area contributed by atoms with E-state index in [0.717, 1.165) is 5.56 Å². The smallest absolute Gasteiger partial charge is 0.337 e. The van der Waals surface area contributed by atoms with E-state index in [9.17, 15) is 9.59 Å². The zero-order chi connectivity index (χ0) is 14.5. The van der Waals surface area contributed by atoms with Gasteiger partial charge >= 0.3 is 5.97 Å². The molecule has 0 bridgehead atoms. The number of benzene rings is 1. The number of esters is 1. The lowest BCUT2D eigenvalue weighted by atomic mass is 10.2. The third kappa shape index (κ3) is 3.22. The molecule has 7 heteroatoms. The van der Waals surface area contributed by atoms with E-state index in [1.165, 1.54) is 12.4 Å². The van der Waals surface area contributed by atoms with Crippen LogP contribution in [0, 0.1) is 0 Å². The van der Waals surface area contributed by atoms with Crippen LogP contribution in [0.1, 0.15) is 16.1 Å². The zero-order valence-corrected chi connectivity index (χ0v) is 10.4. The van der Waals surface area contributed by atoms with Crippen molar-refractivity contribution in [3.63, 3.8) is 0 Å². The summed E-state index contributed by atoms with van der Waals surface area (Å²) in [7, 11) is 0. The molecule has 1 aromatic carbocycles. The van der Waals surface area contributed by atoms with Crippen LogP contribution in [0.3, 0.4) is 0 Å². The number of anilines is 1. The number of aromatic nitrogens is 2. The number of rotatable bonds is 4. The van der Waals surface area contributed by atoms with E-state index in [0.29, 0.717) is 5.69 Å². The van der Waals surface area contributed by atoms with E-state index >= 15 is 0 Å². The number of amides is 1. The number of hydrogen-bond donors (Lipinski definition) is 3. The first-order valence-corrected chi connectivity index (χ1v) is 5.65. The number of nitrogen functional groups attached to an aromatic ring is 1. The Balaban J connectivity index is 2.03. The number of nitrogens with zero attached hydrogens (tertiary/aromatic N) is 1. The Morgan fingerprint density at radius 2 is 1.95 bits per heavy atom. The highest BCUT2D eigenvalue weighted by Crippen LogP contribution is 2.12. The van der Waals surface area contributed by atoms with E-state index in [1.807, 2.05) is 0 Å². The molecule has 0 atom stereocenters. The Morgan fingerprint density at radius 1 is 1.25 bits per heavy atom. The molecule has 1 heterocycles. The van der Waals surface area contributed by atoms with Crippen molar-refractivity contribution in [3.05, 3.63) is 47.9 Å². The summed E-state index contributed by atoms with van der Waals surface area (Å²) in [6.07, 6.45) is 3.98. The molecule has 7 nitrogen and oxygen atoms in total. The first-order valence-electron chi connectivity index (χ1n) is 5.65. The molecule has 0 aliphatic heterocycles. The van der Waals surface area contributed by atoms with Gasteiger partial charge in [0.1, 0.15) is 0 Å². The fraction of sp³-hybridized carbons (Fsp3) is 0. The van der Waals surface area contributed by atoms with Crippen LogP contribution in [0.25, 0.3) is 6.08 Å². The predicted molar refractivity (Wildman–Crippen MR) is 72.6 cm³/mol. The Kier molecular flexibility index (Phi) is 3.80. The summed E-state index contributed by atoms with van der Waals surface area (Å²) in [6, 6.07) is 6.93. The molecule has 5 N–H and O–H groups in total. The number of nitrogens with one attached hydrogen (secondary N) is 1. The maximum Gasteiger partial charge on any atom is 0.337 e. The molecule has 0 unspecified atom stereocenters. The molecule has 0 aliphatic rings. The summed E-state index contributed by atoms with van der Waals surface area (Å²) in [5.41, 5.74) is 12.0. The molecule has 102 valence electrons. The highest BCUT2D eigenvalue weighted by atomic mass is 16.5. The maximum atomic E-state index is 11.6. The van der Waals surface area contributed by atoms with Gasteiger partial charge in [0.15, 0.2) is 5.69 Å². The topological polar surface area (TPSA) is 124 Å². The van der Waals surface area contributed by atoms with Crippen LogP contribution in [-0.4, -0.2) is 21.8 Å². The quantitative estimate of drug-likeness (QED) is 0.429. The molecule has 2 rings (SSSR count). The lowest BCUT2D eigenvalue weighted by Gasteiger charge is -1.99. The van der Waals surface area contributed by atoms with E-state index in [-0.39, 0.29) is 11.6 Å². The van der Waals surface area contributed by atoms with Gasteiger partial charge in [-0.2, -0.15) is 0 Å². The molecule has 0 fully saturated rings. The summed E-state index contributed by atoms with van der Waals surface area (Å²) in [6.45, 7) is 0. The fourth-order valence-corrected chi connectivity index (χ4v) is 1.44. The minimum atomic E-state index is -0.757. The second-order valence-corrected chi connectivity index (χ2v) is 3.87. The van der Waals surface area contributed by atoms with Crippen LogP contribution in [0.2, 0.25) is 0 Å². The second kappa shape index (κ2) is 5.70. The van der Waals surface area contributed by atoms with Crippen molar-refractivity contribution in [1.82, 2.24) is 9.97 Å². The number of carbonyl (C=O) groups is 2. The number of aromatic amines is 1. The van der Waals surface area contributed by atoms with Crippen LogP contribution in [-0.2, 0) is 4.79 Å². The minimum Gasteiger partial charge on any atom is -0.402 e. The predicted octanol–water partition coefficient (Wildman–Crippen LogP) is 0.710. The number of ether oxygens (including phenoxy) is 1. The second-order valence-electron chi connectivity index (χ2n) is 3.87. The largest absolute Gasteiger partial charge is 0.402 e. The van der Waals surface area contributed by atoms with E-state index in [4.69, 9.17) is 16.2 Å². The molecule has 1 amide bonds. The van der Waals surface area contributed by atoms with Gasteiger partial charge in [-0.25, -0.2) is 9.78 Å². The molecule has 0 radical (unpaired) electrons. The standard InChI is InChI=1S/C13H12N4O3/c14-9-4-1-8(2-5-9)3-6-10(18)20-13-11(12(15)19)16-7-17-13/h1-7H,14H2,(H2,15,19)(H,16,17). The van der Waals surface area contributed by atoms with E-state index < -0.39 is 11.9 Å². The van der Waals surface area contributed by atoms with Crippen molar-refractivity contribution >= 4 is 23.6 Å². The van der Waals surface area contributed by atoms with Gasteiger partial charge in [-0.1, -0.05) is 12.1 Å². The number of hydrogen-bond acceptors (Lipinski definition) is 5. The van der Waals surface area contributed by atoms with Gasteiger partial charge in [-0.15, -0.1) is 0 Å². The molecular weight excluding hydrogens is 260 g/mol. The molecule has 20 heavy (non-hydrogen) atoms. The molecule has 0 saturated heterocycles. The summed E-state index contributed by atoms with van der Waals surface area (Å²) in [5.74, 6) is -1.58. The monoisotopic (exact) mass is 272 g/mol. The van der Waals surface area contributed by atoms with Gasteiger partial charge < -0.3 is 21.2 Å². The highest BCUT2D eigenvalue weighted by Gasteiger charge is 2.14. The van der Waals surface area contributed by atoms with Crippen molar-refractivity contribution in [2.24, 2.45) is 5.73 Å². The molecule has 1 aromatic heterocycles. The average Bonchev–Trinajstić information content (AvgIpc) is 2.86. The Morgan fingerprint density at radius 3 is 2.60 bits per heavy atom. The van der Waals surface area contributed by atoms with E-state index in [1.54, 1.807) is 30.3 Å². The van der Waals surface area contributed by atoms with Gasteiger partial charge in [0.25, 0.3) is 11.8 Å². The van der Waals surface area contributed by atoms with Crippen LogP contribution < -0.4 is 16.2 Å². The van der Waals surface area contributed by atoms with E-state index in [2.05, 4.69) is 9.97 Å². The fourth-order valence-electron chi connectivity index (χ4n) is 1.44. The number of carbonyl (C=O) groups excluding carboxylic acids is 2. The number of nitrogens with two attached hydrogens (primary N) is 2. The zero-order valence-electron chi connectivity index (χ0n) is 10.4. The summed E-state index contributed by atoms with van der Waals surface area (Å²) in [4.78, 5) is 28.8. The number of imidazole rings is 1. The maximum absolute atomic E-state index is 11.6. The summed E-state index contributed by atoms with van der Waals surface area (Å²) >= 11 is 0. The third-order valence-electron chi connectivity index (χ3n) is 2.40. The van der Waals surface area contributed by atoms with Gasteiger partial charge in [-0.3, -0.25) is 4.79 Å². The Hall–Kier alpha value is -3.09. The van der Waals surface area contributed by atoms with Gasteiger partial charge in [0, 0.05) is 11.8 Å². The van der Waals surface area contributed by atoms with Gasteiger partial charge in [0.2, 0.25) is 0 Å². The third-order valence-corrected chi connectivity index (χ3v) is 2.40. The first-order chi connectivity index (χ1) is 9.56. The Bertz CT molecular complexity index is 659. The number of primary amides is 1. The minimum absolute atomic E-state index is 0.0563. The van der Waals surface area contributed by atoms with Crippen molar-refractivity contribution in [2.75, 3.05) is 5.73 Å².